The number of pyridine rings is 3. The number of halogens is 2. The third-order valence-corrected chi connectivity index (χ3v) is 4.02. The van der Waals surface area contributed by atoms with Gasteiger partial charge < -0.3 is 10.8 Å². The maximum atomic E-state index is 14.8. The highest BCUT2D eigenvalue weighted by Crippen LogP contribution is 2.30. The average Bonchev–Trinajstić information content (AvgIpc) is 2.72. The summed E-state index contributed by atoms with van der Waals surface area (Å²) in [5, 5.41) is 9.77. The van der Waals surface area contributed by atoms with Crippen LogP contribution in [0.3, 0.4) is 0 Å². The van der Waals surface area contributed by atoms with E-state index < -0.39 is 17.5 Å². The summed E-state index contributed by atoms with van der Waals surface area (Å²) in [5.41, 5.74) is 6.77. The largest absolute Gasteiger partial charge is 0.508 e. The number of rotatable bonds is 5. The maximum Gasteiger partial charge on any atom is 0.236 e. The van der Waals surface area contributed by atoms with Crippen molar-refractivity contribution in [3.05, 3.63) is 66.1 Å². The van der Waals surface area contributed by atoms with Crippen molar-refractivity contribution in [2.45, 2.75) is 33.6 Å². The molecule has 0 aliphatic heterocycles. The van der Waals surface area contributed by atoms with Crippen molar-refractivity contribution in [2.75, 3.05) is 5.73 Å². The second-order valence-electron chi connectivity index (χ2n) is 6.03. The molecule has 0 aliphatic carbocycles. The third kappa shape index (κ3) is 4.93. The van der Waals surface area contributed by atoms with Crippen molar-refractivity contribution in [2.24, 2.45) is 0 Å². The topological polar surface area (TPSA) is 84.9 Å². The van der Waals surface area contributed by atoms with Crippen LogP contribution in [0.15, 0.2) is 43.1 Å². The van der Waals surface area contributed by atoms with Crippen LogP contribution >= 0.6 is 0 Å². The quantitative estimate of drug-likeness (QED) is 0.433. The van der Waals surface area contributed by atoms with E-state index in [1.54, 1.807) is 6.20 Å². The van der Waals surface area contributed by atoms with Crippen LogP contribution in [0.5, 0.6) is 0 Å². The molecule has 0 radical (unpaired) electrons. The SMILES string of the molecule is C=C(O)c1cc(-c2ccc(CCC)nc2)nc(-c2ccc(N)c(F)n2)c1F.CC. The van der Waals surface area contributed by atoms with E-state index in [0.717, 1.165) is 18.5 Å². The number of hydrogen-bond acceptors (Lipinski definition) is 5. The lowest BCUT2D eigenvalue weighted by atomic mass is 10.1. The summed E-state index contributed by atoms with van der Waals surface area (Å²) in [6.07, 6.45) is 3.43. The van der Waals surface area contributed by atoms with E-state index in [1.807, 2.05) is 26.0 Å². The second kappa shape index (κ2) is 9.73. The van der Waals surface area contributed by atoms with Crippen LogP contribution in [0.1, 0.15) is 38.4 Å². The molecule has 5 nitrogen and oxygen atoms in total. The first-order chi connectivity index (χ1) is 13.9. The Labute approximate surface area is 169 Å². The number of nitrogen functional groups attached to an aromatic ring is 1. The van der Waals surface area contributed by atoms with Gasteiger partial charge in [0.05, 0.1) is 22.6 Å². The Morgan fingerprint density at radius 2 is 1.83 bits per heavy atom. The van der Waals surface area contributed by atoms with Crippen LogP contribution in [-0.4, -0.2) is 20.1 Å². The van der Waals surface area contributed by atoms with E-state index in [-0.39, 0.29) is 22.6 Å². The number of aliphatic hydroxyl groups excluding tert-OH is 1. The molecule has 152 valence electrons. The standard InChI is InChI=1S/C20H18F2N4O.C2H6/c1-3-4-13-6-5-12(10-24-13)17-9-14(11(2)27)18(21)19(25-17)16-8-7-15(23)20(22)26-16;1-2/h5-10,27H,2-4,23H2,1H3;1-2H3. The van der Waals surface area contributed by atoms with Crippen LogP contribution in [-0.2, 0) is 6.42 Å². The normalized spacial score (nSPS) is 10.2. The zero-order valence-electron chi connectivity index (χ0n) is 16.7. The summed E-state index contributed by atoms with van der Waals surface area (Å²) in [6.45, 7) is 9.44. The summed E-state index contributed by atoms with van der Waals surface area (Å²) in [6, 6.07) is 7.67. The zero-order valence-corrected chi connectivity index (χ0v) is 16.7. The molecular formula is C22H24F2N4O. The molecule has 0 saturated heterocycles. The van der Waals surface area contributed by atoms with Gasteiger partial charge in [0.25, 0.3) is 0 Å². The highest BCUT2D eigenvalue weighted by molar-refractivity contribution is 5.72. The predicted molar refractivity (Wildman–Crippen MR) is 112 cm³/mol. The molecule has 0 fully saturated rings. The highest BCUT2D eigenvalue weighted by atomic mass is 19.1. The van der Waals surface area contributed by atoms with Gasteiger partial charge in [0.1, 0.15) is 11.5 Å². The molecule has 3 N–H and O–H groups in total. The first kappa shape index (κ1) is 21.9. The van der Waals surface area contributed by atoms with E-state index in [0.29, 0.717) is 11.3 Å². The number of aryl methyl sites for hydroxylation is 1. The Morgan fingerprint density at radius 3 is 2.38 bits per heavy atom. The van der Waals surface area contributed by atoms with Gasteiger partial charge in [-0.25, -0.2) is 14.4 Å². The summed E-state index contributed by atoms with van der Waals surface area (Å²) in [5.74, 6) is -2.24. The molecule has 0 bridgehead atoms. The highest BCUT2D eigenvalue weighted by Gasteiger charge is 2.19. The van der Waals surface area contributed by atoms with E-state index in [2.05, 4.69) is 28.5 Å². The van der Waals surface area contributed by atoms with Gasteiger partial charge in [0.2, 0.25) is 5.95 Å². The summed E-state index contributed by atoms with van der Waals surface area (Å²) < 4.78 is 28.5. The van der Waals surface area contributed by atoms with Gasteiger partial charge in [-0.15, -0.1) is 0 Å². The first-order valence-corrected chi connectivity index (χ1v) is 9.37. The lowest BCUT2D eigenvalue weighted by Gasteiger charge is -2.11. The fourth-order valence-corrected chi connectivity index (χ4v) is 2.61. The Hall–Kier alpha value is -3.35. The van der Waals surface area contributed by atoms with Gasteiger partial charge in [-0.05, 0) is 36.8 Å². The van der Waals surface area contributed by atoms with Gasteiger partial charge in [0.15, 0.2) is 5.82 Å². The number of anilines is 1. The molecular weight excluding hydrogens is 374 g/mol. The smallest absolute Gasteiger partial charge is 0.236 e. The zero-order chi connectivity index (χ0) is 21.6. The number of aromatic nitrogens is 3. The number of nitrogens with zero attached hydrogens (tertiary/aromatic N) is 3. The lowest BCUT2D eigenvalue weighted by Crippen LogP contribution is -2.02. The number of nitrogens with two attached hydrogens (primary N) is 1. The molecule has 0 saturated carbocycles. The molecule has 3 rings (SSSR count). The minimum absolute atomic E-state index is 0.0425. The van der Waals surface area contributed by atoms with E-state index in [4.69, 9.17) is 5.73 Å². The van der Waals surface area contributed by atoms with Crippen LogP contribution in [0.4, 0.5) is 14.5 Å². The number of aliphatic hydroxyl groups is 1. The lowest BCUT2D eigenvalue weighted by molar-refractivity contribution is 0.504. The van der Waals surface area contributed by atoms with Crippen molar-refractivity contribution >= 4 is 11.4 Å². The molecule has 3 aromatic rings. The van der Waals surface area contributed by atoms with Gasteiger partial charge in [-0.3, -0.25) is 4.98 Å². The molecule has 3 aromatic heterocycles. The maximum absolute atomic E-state index is 14.8. The van der Waals surface area contributed by atoms with Crippen molar-refractivity contribution in [3.63, 3.8) is 0 Å². The Morgan fingerprint density at radius 1 is 1.10 bits per heavy atom. The van der Waals surface area contributed by atoms with Gasteiger partial charge in [-0.2, -0.15) is 4.39 Å². The third-order valence-electron chi connectivity index (χ3n) is 4.02. The summed E-state index contributed by atoms with van der Waals surface area (Å²) in [4.78, 5) is 12.3. The fraction of sp³-hybridized carbons (Fsp3) is 0.227. The molecule has 0 unspecified atom stereocenters. The van der Waals surface area contributed by atoms with Crippen molar-refractivity contribution in [3.8, 4) is 22.6 Å². The van der Waals surface area contributed by atoms with Crippen LogP contribution in [0.25, 0.3) is 28.4 Å². The van der Waals surface area contributed by atoms with Crippen LogP contribution < -0.4 is 5.73 Å². The second-order valence-corrected chi connectivity index (χ2v) is 6.03. The van der Waals surface area contributed by atoms with Crippen molar-refractivity contribution in [1.29, 1.82) is 0 Å². The van der Waals surface area contributed by atoms with E-state index in [1.165, 1.54) is 18.2 Å². The van der Waals surface area contributed by atoms with Crippen LogP contribution in [0.2, 0.25) is 0 Å². The molecule has 0 aliphatic rings. The van der Waals surface area contributed by atoms with Gasteiger partial charge in [0, 0.05) is 17.5 Å². The summed E-state index contributed by atoms with van der Waals surface area (Å²) >= 11 is 0. The molecule has 0 aromatic carbocycles. The van der Waals surface area contributed by atoms with Gasteiger partial charge in [-0.1, -0.05) is 33.8 Å². The van der Waals surface area contributed by atoms with E-state index in [9.17, 15) is 13.9 Å². The predicted octanol–water partition coefficient (Wildman–Crippen LogP) is 5.57. The first-order valence-electron chi connectivity index (χ1n) is 9.37. The van der Waals surface area contributed by atoms with Crippen molar-refractivity contribution in [1.82, 2.24) is 15.0 Å². The van der Waals surface area contributed by atoms with Crippen LogP contribution in [0, 0.1) is 11.8 Å². The van der Waals surface area contributed by atoms with E-state index >= 15 is 0 Å². The fourth-order valence-electron chi connectivity index (χ4n) is 2.61. The molecule has 0 amide bonds. The Balaban J connectivity index is 0.00000145. The Kier molecular flexibility index (Phi) is 7.36. The van der Waals surface area contributed by atoms with Crippen molar-refractivity contribution < 1.29 is 13.9 Å². The molecule has 29 heavy (non-hydrogen) atoms. The summed E-state index contributed by atoms with van der Waals surface area (Å²) in [7, 11) is 0. The van der Waals surface area contributed by atoms with Gasteiger partial charge >= 0.3 is 0 Å². The average molecular weight is 398 g/mol. The molecule has 7 heteroatoms. The Bertz CT molecular complexity index is 1000. The molecule has 3 heterocycles. The minimum atomic E-state index is -0.922. The molecule has 0 spiro atoms. The minimum Gasteiger partial charge on any atom is -0.508 e. The molecule has 0 atom stereocenters. The monoisotopic (exact) mass is 398 g/mol. The number of hydrogen-bond donors (Lipinski definition) is 2.